The Labute approximate surface area is 208 Å². The largest absolute Gasteiger partial charge is 0.508 e. The highest BCUT2D eigenvalue weighted by Gasteiger charge is 2.29. The lowest BCUT2D eigenvalue weighted by molar-refractivity contribution is -0.136. The van der Waals surface area contributed by atoms with Crippen molar-refractivity contribution < 1.29 is 24.9 Å². The van der Waals surface area contributed by atoms with Gasteiger partial charge >= 0.3 is 5.97 Å². The maximum absolute atomic E-state index is 10.8. The Bertz CT molecular complexity index is 1120. The molecule has 3 aromatic rings. The van der Waals surface area contributed by atoms with Crippen LogP contribution in [0.5, 0.6) is 5.75 Å². The average molecular weight is 499 g/mol. The van der Waals surface area contributed by atoms with Gasteiger partial charge in [0, 0.05) is 28.5 Å². The van der Waals surface area contributed by atoms with Gasteiger partial charge in [-0.2, -0.15) is 0 Å². The standard InChI is InChI=1S/C27H27ClO5S/c28-25-10-5-19(13-20(25)11-17-1-6-21(29)7-2-17)26-15-22(30)14-23(33-26)16-34-24-8-3-18(4-9-24)12-27(31)32/h1-10,13,22-23,26,29-30H,11-12,14-16H2,(H,31,32). The number of carboxylic acids is 1. The Balaban J connectivity index is 1.40. The van der Waals surface area contributed by atoms with Gasteiger partial charge in [0.05, 0.1) is 24.7 Å². The monoisotopic (exact) mass is 498 g/mol. The number of aliphatic carboxylic acids is 1. The van der Waals surface area contributed by atoms with E-state index in [1.54, 1.807) is 23.9 Å². The van der Waals surface area contributed by atoms with Crippen LogP contribution in [0.15, 0.2) is 71.6 Å². The smallest absolute Gasteiger partial charge is 0.307 e. The summed E-state index contributed by atoms with van der Waals surface area (Å²) in [5.74, 6) is 0.0811. The van der Waals surface area contributed by atoms with E-state index in [9.17, 15) is 15.0 Å². The number of aliphatic hydroxyl groups is 1. The Morgan fingerprint density at radius 1 is 1.00 bits per heavy atom. The molecule has 5 nitrogen and oxygen atoms in total. The number of carboxylic acid groups (broad SMARTS) is 1. The number of hydrogen-bond acceptors (Lipinski definition) is 5. The number of rotatable bonds is 8. The molecule has 0 radical (unpaired) electrons. The summed E-state index contributed by atoms with van der Waals surface area (Å²) in [6.07, 6.45) is 0.995. The second kappa shape index (κ2) is 11.3. The van der Waals surface area contributed by atoms with E-state index in [4.69, 9.17) is 21.4 Å². The summed E-state index contributed by atoms with van der Waals surface area (Å²) in [6.45, 7) is 0. The minimum Gasteiger partial charge on any atom is -0.508 e. The lowest BCUT2D eigenvalue weighted by atomic mass is 9.94. The van der Waals surface area contributed by atoms with Gasteiger partial charge in [0.2, 0.25) is 0 Å². The van der Waals surface area contributed by atoms with Gasteiger partial charge in [-0.15, -0.1) is 11.8 Å². The molecular weight excluding hydrogens is 472 g/mol. The topological polar surface area (TPSA) is 87.0 Å². The van der Waals surface area contributed by atoms with Crippen LogP contribution >= 0.6 is 23.4 Å². The Hall–Kier alpha value is -2.51. The van der Waals surface area contributed by atoms with Crippen molar-refractivity contribution in [3.8, 4) is 5.75 Å². The van der Waals surface area contributed by atoms with E-state index in [1.807, 2.05) is 54.6 Å². The lowest BCUT2D eigenvalue weighted by Crippen LogP contribution is -2.32. The van der Waals surface area contributed by atoms with Crippen LogP contribution in [0.4, 0.5) is 0 Å². The van der Waals surface area contributed by atoms with E-state index < -0.39 is 12.1 Å². The van der Waals surface area contributed by atoms with Crippen LogP contribution < -0.4 is 0 Å². The van der Waals surface area contributed by atoms with Gasteiger partial charge in [0.1, 0.15) is 5.75 Å². The van der Waals surface area contributed by atoms with Crippen LogP contribution in [0.25, 0.3) is 0 Å². The molecule has 1 heterocycles. The van der Waals surface area contributed by atoms with E-state index in [1.165, 1.54) is 0 Å². The fourth-order valence-electron chi connectivity index (χ4n) is 4.14. The molecule has 3 aromatic carbocycles. The molecule has 0 aliphatic carbocycles. The molecule has 1 aliphatic rings. The van der Waals surface area contributed by atoms with Crippen LogP contribution in [0, 0.1) is 0 Å². The molecule has 0 bridgehead atoms. The number of thioether (sulfide) groups is 1. The first-order chi connectivity index (χ1) is 16.4. The Morgan fingerprint density at radius 3 is 2.41 bits per heavy atom. The van der Waals surface area contributed by atoms with Gasteiger partial charge in [-0.05, 0) is 59.0 Å². The van der Waals surface area contributed by atoms with Crippen molar-refractivity contribution in [2.24, 2.45) is 0 Å². The molecule has 0 aromatic heterocycles. The second-order valence-corrected chi connectivity index (χ2v) is 10.1. The van der Waals surface area contributed by atoms with E-state index in [2.05, 4.69) is 0 Å². The highest BCUT2D eigenvalue weighted by molar-refractivity contribution is 7.99. The summed E-state index contributed by atoms with van der Waals surface area (Å²) < 4.78 is 6.37. The molecule has 178 valence electrons. The third-order valence-corrected chi connectivity index (χ3v) is 7.38. The highest BCUT2D eigenvalue weighted by atomic mass is 35.5. The van der Waals surface area contributed by atoms with Crippen molar-refractivity contribution in [1.29, 1.82) is 0 Å². The Kier molecular flexibility index (Phi) is 8.16. The van der Waals surface area contributed by atoms with Gasteiger partial charge in [0.25, 0.3) is 0 Å². The van der Waals surface area contributed by atoms with Gasteiger partial charge in [0.15, 0.2) is 0 Å². The molecular formula is C27H27ClO5S. The van der Waals surface area contributed by atoms with Crippen molar-refractivity contribution in [3.63, 3.8) is 0 Å². The van der Waals surface area contributed by atoms with Crippen LogP contribution in [-0.2, 0) is 22.4 Å². The van der Waals surface area contributed by atoms with Crippen LogP contribution in [0.2, 0.25) is 5.02 Å². The second-order valence-electron chi connectivity index (χ2n) is 8.59. The van der Waals surface area contributed by atoms with E-state index in [-0.39, 0.29) is 24.4 Å². The number of phenols is 1. The number of benzene rings is 3. The fourth-order valence-corrected chi connectivity index (χ4v) is 5.25. The Morgan fingerprint density at radius 2 is 1.71 bits per heavy atom. The lowest BCUT2D eigenvalue weighted by Gasteiger charge is -2.33. The van der Waals surface area contributed by atoms with Gasteiger partial charge in [-0.1, -0.05) is 48.0 Å². The summed E-state index contributed by atoms with van der Waals surface area (Å²) in [4.78, 5) is 11.9. The van der Waals surface area contributed by atoms with E-state index in [0.717, 1.165) is 27.1 Å². The number of ether oxygens (including phenoxy) is 1. The van der Waals surface area contributed by atoms with Crippen molar-refractivity contribution in [2.75, 3.05) is 5.75 Å². The van der Waals surface area contributed by atoms with Gasteiger partial charge in [-0.25, -0.2) is 0 Å². The number of aliphatic hydroxyl groups excluding tert-OH is 1. The van der Waals surface area contributed by atoms with Crippen molar-refractivity contribution in [3.05, 3.63) is 94.0 Å². The number of aromatic hydroxyl groups is 1. The zero-order chi connectivity index (χ0) is 24.1. The SMILES string of the molecule is O=C(O)Cc1ccc(SCC2CC(O)CC(c3ccc(Cl)c(Cc4ccc(O)cc4)c3)O2)cc1. The normalized spacial score (nSPS) is 20.2. The average Bonchev–Trinajstić information content (AvgIpc) is 2.81. The molecule has 3 unspecified atom stereocenters. The van der Waals surface area contributed by atoms with Crippen LogP contribution in [-0.4, -0.2) is 39.2 Å². The zero-order valence-corrected chi connectivity index (χ0v) is 20.1. The summed E-state index contributed by atoms with van der Waals surface area (Å²) in [5, 5.41) is 29.6. The zero-order valence-electron chi connectivity index (χ0n) is 18.6. The predicted molar refractivity (Wildman–Crippen MR) is 134 cm³/mol. The molecule has 0 spiro atoms. The van der Waals surface area contributed by atoms with Crippen LogP contribution in [0.1, 0.15) is 41.2 Å². The van der Waals surface area contributed by atoms with Crippen molar-refractivity contribution in [2.45, 2.75) is 48.9 Å². The molecule has 0 saturated carbocycles. The summed E-state index contributed by atoms with van der Waals surface area (Å²) in [6, 6.07) is 20.5. The molecule has 7 heteroatoms. The molecule has 3 atom stereocenters. The van der Waals surface area contributed by atoms with Gasteiger partial charge in [-0.3, -0.25) is 4.79 Å². The van der Waals surface area contributed by atoms with E-state index >= 15 is 0 Å². The highest BCUT2D eigenvalue weighted by Crippen LogP contribution is 2.35. The maximum atomic E-state index is 10.8. The van der Waals surface area contributed by atoms with Crippen LogP contribution in [0.3, 0.4) is 0 Å². The van der Waals surface area contributed by atoms with Crippen molar-refractivity contribution >= 4 is 29.3 Å². The summed E-state index contributed by atoms with van der Waals surface area (Å²) >= 11 is 8.09. The molecule has 34 heavy (non-hydrogen) atoms. The third kappa shape index (κ3) is 6.76. The number of carbonyl (C=O) groups is 1. The number of phenolic OH excluding ortho intramolecular Hbond substituents is 1. The molecule has 0 amide bonds. The molecule has 1 fully saturated rings. The maximum Gasteiger partial charge on any atom is 0.307 e. The first kappa shape index (κ1) is 24.6. The first-order valence-electron chi connectivity index (χ1n) is 11.2. The van der Waals surface area contributed by atoms with Gasteiger partial charge < -0.3 is 20.1 Å². The predicted octanol–water partition coefficient (Wildman–Crippen LogP) is 5.64. The fraction of sp³-hybridized carbons (Fsp3) is 0.296. The molecule has 3 N–H and O–H groups in total. The number of hydrogen-bond donors (Lipinski definition) is 3. The minimum atomic E-state index is -0.843. The van der Waals surface area contributed by atoms with Crippen molar-refractivity contribution in [1.82, 2.24) is 0 Å². The summed E-state index contributed by atoms with van der Waals surface area (Å²) in [7, 11) is 0. The molecule has 4 rings (SSSR count). The first-order valence-corrected chi connectivity index (χ1v) is 12.6. The number of halogens is 1. The third-order valence-electron chi connectivity index (χ3n) is 5.86. The quantitative estimate of drug-likeness (QED) is 0.348. The van der Waals surface area contributed by atoms with E-state index in [0.29, 0.717) is 30.0 Å². The molecule has 1 aliphatic heterocycles. The minimum absolute atomic E-state index is 0.0143. The molecule has 1 saturated heterocycles. The summed E-state index contributed by atoms with van der Waals surface area (Å²) in [5.41, 5.74) is 3.78.